The summed E-state index contributed by atoms with van der Waals surface area (Å²) in [6, 6.07) is 10.9. The van der Waals surface area contributed by atoms with Crippen molar-refractivity contribution in [3.8, 4) is 11.5 Å². The van der Waals surface area contributed by atoms with E-state index in [9.17, 15) is 14.0 Å². The molecular weight excluding hydrogens is 339 g/mol. The van der Waals surface area contributed by atoms with Crippen molar-refractivity contribution < 1.29 is 23.5 Å². The van der Waals surface area contributed by atoms with Crippen molar-refractivity contribution in [3.63, 3.8) is 0 Å². The molecule has 0 spiro atoms. The summed E-state index contributed by atoms with van der Waals surface area (Å²) in [5.41, 5.74) is 0.353. The average molecular weight is 360 g/mol. The topological polar surface area (TPSA) is 76.7 Å². The summed E-state index contributed by atoms with van der Waals surface area (Å²) in [6.45, 7) is 3.73. The van der Waals surface area contributed by atoms with Crippen LogP contribution >= 0.6 is 0 Å². The molecule has 2 rings (SSSR count). The minimum atomic E-state index is -0.583. The molecule has 2 amide bonds. The minimum absolute atomic E-state index is 0.00103. The maximum absolute atomic E-state index is 13.6. The zero-order chi connectivity index (χ0) is 18.9. The van der Waals surface area contributed by atoms with Crippen molar-refractivity contribution in [1.82, 2.24) is 0 Å². The van der Waals surface area contributed by atoms with Crippen molar-refractivity contribution in [2.75, 3.05) is 23.8 Å². The number of amides is 2. The van der Waals surface area contributed by atoms with Crippen LogP contribution in [0.4, 0.5) is 15.8 Å². The second-order valence-electron chi connectivity index (χ2n) is 5.53. The van der Waals surface area contributed by atoms with Gasteiger partial charge in [0, 0.05) is 12.6 Å². The molecular formula is C19H21FN2O4. The zero-order valence-corrected chi connectivity index (χ0v) is 14.7. The van der Waals surface area contributed by atoms with Crippen molar-refractivity contribution in [2.24, 2.45) is 0 Å². The largest absolute Gasteiger partial charge is 0.494 e. The Kier molecular flexibility index (Phi) is 6.96. The van der Waals surface area contributed by atoms with Crippen LogP contribution in [0.3, 0.4) is 0 Å². The Hall–Kier alpha value is -3.09. The highest BCUT2D eigenvalue weighted by Crippen LogP contribution is 2.20. The Labute approximate surface area is 151 Å². The number of rotatable bonds is 8. The van der Waals surface area contributed by atoms with Crippen molar-refractivity contribution in [1.29, 1.82) is 0 Å². The number of hydrogen-bond acceptors (Lipinski definition) is 4. The van der Waals surface area contributed by atoms with Crippen molar-refractivity contribution in [2.45, 2.75) is 20.3 Å². The second kappa shape index (κ2) is 9.41. The monoisotopic (exact) mass is 360 g/mol. The first kappa shape index (κ1) is 19.2. The lowest BCUT2D eigenvalue weighted by Gasteiger charge is -2.10. The number of carbonyl (C=O) groups excluding carboxylic acids is 2. The van der Waals surface area contributed by atoms with E-state index in [-0.39, 0.29) is 12.3 Å². The Morgan fingerprint density at radius 2 is 1.65 bits per heavy atom. The van der Waals surface area contributed by atoms with Gasteiger partial charge in [-0.1, -0.05) is 6.92 Å². The Morgan fingerprint density at radius 1 is 1.00 bits per heavy atom. The van der Waals surface area contributed by atoms with Crippen LogP contribution in [-0.2, 0) is 9.59 Å². The highest BCUT2D eigenvalue weighted by Gasteiger charge is 2.08. The molecule has 2 N–H and O–H groups in total. The van der Waals surface area contributed by atoms with Crippen LogP contribution in [0.25, 0.3) is 0 Å². The van der Waals surface area contributed by atoms with E-state index in [1.807, 2.05) is 6.92 Å². The van der Waals surface area contributed by atoms with Gasteiger partial charge in [-0.3, -0.25) is 9.59 Å². The van der Waals surface area contributed by atoms with Gasteiger partial charge in [0.15, 0.2) is 6.61 Å². The Morgan fingerprint density at radius 3 is 2.27 bits per heavy atom. The number of benzene rings is 2. The fourth-order valence-corrected chi connectivity index (χ4v) is 2.09. The predicted molar refractivity (Wildman–Crippen MR) is 97.1 cm³/mol. The van der Waals surface area contributed by atoms with E-state index >= 15 is 0 Å². The molecule has 0 aliphatic carbocycles. The summed E-state index contributed by atoms with van der Waals surface area (Å²) in [4.78, 5) is 23.0. The molecule has 0 saturated heterocycles. The normalized spacial score (nSPS) is 10.1. The maximum atomic E-state index is 13.6. The average Bonchev–Trinajstić information content (AvgIpc) is 2.61. The maximum Gasteiger partial charge on any atom is 0.262 e. The molecule has 138 valence electrons. The van der Waals surface area contributed by atoms with Gasteiger partial charge in [0.2, 0.25) is 5.91 Å². The van der Waals surface area contributed by atoms with Crippen LogP contribution in [-0.4, -0.2) is 25.0 Å². The predicted octanol–water partition coefficient (Wildman–Crippen LogP) is 3.59. The number of hydrogen-bond donors (Lipinski definition) is 2. The van der Waals surface area contributed by atoms with Crippen LogP contribution in [0.15, 0.2) is 42.5 Å². The molecule has 2 aromatic rings. The van der Waals surface area contributed by atoms with E-state index in [4.69, 9.17) is 9.47 Å². The summed E-state index contributed by atoms with van der Waals surface area (Å²) in [5, 5.41) is 4.94. The van der Waals surface area contributed by atoms with Gasteiger partial charge in [0.05, 0.1) is 12.3 Å². The van der Waals surface area contributed by atoms with E-state index in [0.29, 0.717) is 18.0 Å². The van der Waals surface area contributed by atoms with Gasteiger partial charge in [0.1, 0.15) is 17.3 Å². The molecule has 0 aliphatic rings. The van der Waals surface area contributed by atoms with Gasteiger partial charge in [0.25, 0.3) is 5.91 Å². The third-order valence-corrected chi connectivity index (χ3v) is 3.23. The Balaban J connectivity index is 1.87. The van der Waals surface area contributed by atoms with Crippen molar-refractivity contribution >= 4 is 23.2 Å². The molecule has 0 radical (unpaired) electrons. The van der Waals surface area contributed by atoms with Crippen LogP contribution < -0.4 is 20.1 Å². The molecule has 0 atom stereocenters. The number of anilines is 2. The zero-order valence-electron chi connectivity index (χ0n) is 14.7. The molecule has 7 heteroatoms. The molecule has 0 bridgehead atoms. The summed E-state index contributed by atoms with van der Waals surface area (Å²) < 4.78 is 24.5. The summed E-state index contributed by atoms with van der Waals surface area (Å²) >= 11 is 0. The van der Waals surface area contributed by atoms with Crippen LogP contribution in [0.1, 0.15) is 20.3 Å². The van der Waals surface area contributed by atoms with E-state index in [1.165, 1.54) is 19.1 Å². The smallest absolute Gasteiger partial charge is 0.262 e. The van der Waals surface area contributed by atoms with E-state index in [1.54, 1.807) is 24.3 Å². The molecule has 2 aromatic carbocycles. The van der Waals surface area contributed by atoms with Gasteiger partial charge in [-0.15, -0.1) is 0 Å². The van der Waals surface area contributed by atoms with E-state index < -0.39 is 17.6 Å². The summed E-state index contributed by atoms with van der Waals surface area (Å²) in [6.07, 6.45) is 0.922. The van der Waals surface area contributed by atoms with E-state index in [0.717, 1.165) is 18.2 Å². The van der Waals surface area contributed by atoms with Gasteiger partial charge < -0.3 is 20.1 Å². The first-order valence-corrected chi connectivity index (χ1v) is 8.20. The minimum Gasteiger partial charge on any atom is -0.494 e. The number of nitrogens with one attached hydrogen (secondary N) is 2. The number of ether oxygens (including phenoxy) is 2. The lowest BCUT2D eigenvalue weighted by Crippen LogP contribution is -2.20. The van der Waals surface area contributed by atoms with Gasteiger partial charge in [-0.2, -0.15) is 0 Å². The fraction of sp³-hybridized carbons (Fsp3) is 0.263. The summed E-state index contributed by atoms with van der Waals surface area (Å²) in [7, 11) is 0. The van der Waals surface area contributed by atoms with Crippen LogP contribution in [0, 0.1) is 5.82 Å². The van der Waals surface area contributed by atoms with Gasteiger partial charge in [-0.05, 0) is 48.9 Å². The lowest BCUT2D eigenvalue weighted by molar-refractivity contribution is -0.118. The first-order valence-electron chi connectivity index (χ1n) is 8.20. The molecule has 0 aromatic heterocycles. The van der Waals surface area contributed by atoms with Gasteiger partial charge in [-0.25, -0.2) is 4.39 Å². The molecule has 0 saturated carbocycles. The quantitative estimate of drug-likeness (QED) is 0.754. The molecule has 0 heterocycles. The lowest BCUT2D eigenvalue weighted by atomic mass is 10.2. The van der Waals surface area contributed by atoms with Crippen LogP contribution in [0.5, 0.6) is 11.5 Å². The Bertz CT molecular complexity index is 763. The number of halogens is 1. The van der Waals surface area contributed by atoms with E-state index in [2.05, 4.69) is 10.6 Å². The highest BCUT2D eigenvalue weighted by molar-refractivity contribution is 5.94. The molecule has 0 unspecified atom stereocenters. The molecule has 0 fully saturated rings. The third kappa shape index (κ3) is 6.08. The molecule has 6 nitrogen and oxygen atoms in total. The second-order valence-corrected chi connectivity index (χ2v) is 5.53. The molecule has 0 aliphatic heterocycles. The molecule has 26 heavy (non-hydrogen) atoms. The summed E-state index contributed by atoms with van der Waals surface area (Å²) in [5.74, 6) is -0.124. The van der Waals surface area contributed by atoms with Gasteiger partial charge >= 0.3 is 0 Å². The third-order valence-electron chi connectivity index (χ3n) is 3.23. The standard InChI is InChI=1S/C19H21FN2O4/c1-3-10-25-15-5-7-16(8-6-15)26-12-19(24)22-14-4-9-17(20)18(11-14)21-13(2)23/h4-9,11H,3,10,12H2,1-2H3,(H,21,23)(H,22,24). The van der Waals surface area contributed by atoms with Crippen LogP contribution in [0.2, 0.25) is 0 Å². The fourth-order valence-electron chi connectivity index (χ4n) is 2.09. The number of carbonyl (C=O) groups is 2. The first-order chi connectivity index (χ1) is 12.5. The SMILES string of the molecule is CCCOc1ccc(OCC(=O)Nc2ccc(F)c(NC(C)=O)c2)cc1. The van der Waals surface area contributed by atoms with Crippen molar-refractivity contribution in [3.05, 3.63) is 48.3 Å². The highest BCUT2D eigenvalue weighted by atomic mass is 19.1.